The molecule has 0 bridgehead atoms. The maximum absolute atomic E-state index is 12.0. The van der Waals surface area contributed by atoms with Crippen molar-refractivity contribution in [2.45, 2.75) is 53.0 Å². The van der Waals surface area contributed by atoms with Gasteiger partial charge in [-0.25, -0.2) is 0 Å². The highest BCUT2D eigenvalue weighted by molar-refractivity contribution is 5.97. The Balaban J connectivity index is 2.63. The van der Waals surface area contributed by atoms with Crippen molar-refractivity contribution < 1.29 is 9.59 Å². The van der Waals surface area contributed by atoms with Crippen LogP contribution in [0.1, 0.15) is 43.4 Å². The monoisotopic (exact) mass is 305 g/mol. The van der Waals surface area contributed by atoms with Gasteiger partial charge in [0.2, 0.25) is 11.8 Å². The van der Waals surface area contributed by atoms with Crippen molar-refractivity contribution >= 4 is 17.5 Å². The Morgan fingerprint density at radius 2 is 1.73 bits per heavy atom. The third-order valence-electron chi connectivity index (χ3n) is 3.64. The SMILES string of the molecule is CCCC(C)(N)C(=O)NCC(=O)Nc1c(C)cc(C)cc1C. The van der Waals surface area contributed by atoms with Gasteiger partial charge in [-0.05, 0) is 45.2 Å². The Morgan fingerprint density at radius 3 is 2.23 bits per heavy atom. The Hall–Kier alpha value is -1.88. The standard InChI is InChI=1S/C17H27N3O2/c1-6-7-17(5,18)16(22)19-10-14(21)20-15-12(3)8-11(2)9-13(15)4/h8-9H,6-7,10,18H2,1-5H3,(H,19,22)(H,20,21). The van der Waals surface area contributed by atoms with Gasteiger partial charge in [-0.3, -0.25) is 9.59 Å². The lowest BCUT2D eigenvalue weighted by Crippen LogP contribution is -2.52. The molecule has 5 nitrogen and oxygen atoms in total. The normalized spacial score (nSPS) is 13.4. The van der Waals surface area contributed by atoms with Gasteiger partial charge in [0, 0.05) is 5.69 Å². The number of benzene rings is 1. The van der Waals surface area contributed by atoms with Gasteiger partial charge in [-0.2, -0.15) is 0 Å². The van der Waals surface area contributed by atoms with Crippen LogP contribution in [0.5, 0.6) is 0 Å². The van der Waals surface area contributed by atoms with Crippen LogP contribution in [-0.2, 0) is 9.59 Å². The van der Waals surface area contributed by atoms with E-state index in [-0.39, 0.29) is 18.4 Å². The molecule has 0 aromatic heterocycles. The number of nitrogens with one attached hydrogen (secondary N) is 2. The molecule has 2 amide bonds. The molecule has 0 radical (unpaired) electrons. The van der Waals surface area contributed by atoms with Crippen LogP contribution in [0.3, 0.4) is 0 Å². The zero-order valence-electron chi connectivity index (χ0n) is 14.2. The maximum Gasteiger partial charge on any atom is 0.243 e. The first kappa shape index (κ1) is 18.2. The van der Waals surface area contributed by atoms with Crippen molar-refractivity contribution in [3.8, 4) is 0 Å². The highest BCUT2D eigenvalue weighted by Crippen LogP contribution is 2.21. The van der Waals surface area contributed by atoms with Gasteiger partial charge in [0.25, 0.3) is 0 Å². The molecule has 1 aromatic carbocycles. The summed E-state index contributed by atoms with van der Waals surface area (Å²) in [5, 5.41) is 5.45. The highest BCUT2D eigenvalue weighted by atomic mass is 16.2. The molecule has 1 aromatic rings. The Morgan fingerprint density at radius 1 is 1.18 bits per heavy atom. The minimum Gasteiger partial charge on any atom is -0.345 e. The largest absolute Gasteiger partial charge is 0.345 e. The molecule has 1 unspecified atom stereocenters. The average molecular weight is 305 g/mol. The lowest BCUT2D eigenvalue weighted by molar-refractivity contribution is -0.128. The summed E-state index contributed by atoms with van der Waals surface area (Å²) >= 11 is 0. The molecule has 22 heavy (non-hydrogen) atoms. The van der Waals surface area contributed by atoms with Gasteiger partial charge in [-0.15, -0.1) is 0 Å². The van der Waals surface area contributed by atoms with Crippen LogP contribution in [-0.4, -0.2) is 23.9 Å². The van der Waals surface area contributed by atoms with Crippen LogP contribution in [0, 0.1) is 20.8 Å². The van der Waals surface area contributed by atoms with Crippen molar-refractivity contribution in [1.82, 2.24) is 5.32 Å². The molecule has 5 heteroatoms. The van der Waals surface area contributed by atoms with Crippen LogP contribution >= 0.6 is 0 Å². The van der Waals surface area contributed by atoms with Gasteiger partial charge in [0.05, 0.1) is 12.1 Å². The lowest BCUT2D eigenvalue weighted by atomic mass is 9.96. The van der Waals surface area contributed by atoms with Crippen LogP contribution < -0.4 is 16.4 Å². The van der Waals surface area contributed by atoms with E-state index >= 15 is 0 Å². The van der Waals surface area contributed by atoms with E-state index in [1.165, 1.54) is 0 Å². The van der Waals surface area contributed by atoms with Crippen molar-refractivity contribution in [1.29, 1.82) is 0 Å². The third-order valence-corrected chi connectivity index (χ3v) is 3.64. The molecule has 0 saturated heterocycles. The second kappa shape index (κ2) is 7.40. The zero-order valence-corrected chi connectivity index (χ0v) is 14.2. The van der Waals surface area contributed by atoms with Crippen LogP contribution in [0.4, 0.5) is 5.69 Å². The molecule has 122 valence electrons. The molecule has 1 atom stereocenters. The number of aryl methyl sites for hydroxylation is 3. The van der Waals surface area contributed by atoms with Crippen molar-refractivity contribution in [3.63, 3.8) is 0 Å². The number of amides is 2. The fourth-order valence-electron chi connectivity index (χ4n) is 2.56. The number of hydrogen-bond donors (Lipinski definition) is 3. The number of rotatable bonds is 6. The van der Waals surface area contributed by atoms with Crippen molar-refractivity contribution in [3.05, 3.63) is 28.8 Å². The Kier molecular flexibility index (Phi) is 6.11. The minimum absolute atomic E-state index is 0.0813. The summed E-state index contributed by atoms with van der Waals surface area (Å²) in [7, 11) is 0. The van der Waals surface area contributed by atoms with Crippen molar-refractivity contribution in [2.24, 2.45) is 5.73 Å². The second-order valence-electron chi connectivity index (χ2n) is 6.17. The van der Waals surface area contributed by atoms with E-state index in [9.17, 15) is 9.59 Å². The quantitative estimate of drug-likeness (QED) is 0.753. The molecule has 0 spiro atoms. The lowest BCUT2D eigenvalue weighted by Gasteiger charge is -2.22. The van der Waals surface area contributed by atoms with Crippen LogP contribution in [0.25, 0.3) is 0 Å². The summed E-state index contributed by atoms with van der Waals surface area (Å²) in [6.07, 6.45) is 1.39. The van der Waals surface area contributed by atoms with E-state index in [0.717, 1.165) is 28.8 Å². The molecule has 0 fully saturated rings. The topological polar surface area (TPSA) is 84.2 Å². The minimum atomic E-state index is -0.940. The average Bonchev–Trinajstić information content (AvgIpc) is 2.40. The summed E-state index contributed by atoms with van der Waals surface area (Å²) in [5.41, 5.74) is 8.96. The number of carbonyl (C=O) groups excluding carboxylic acids is 2. The Labute approximate surface area is 132 Å². The molecule has 4 N–H and O–H groups in total. The fourth-order valence-corrected chi connectivity index (χ4v) is 2.56. The summed E-state index contributed by atoms with van der Waals surface area (Å²) in [6, 6.07) is 4.03. The van der Waals surface area contributed by atoms with E-state index < -0.39 is 5.54 Å². The first-order valence-electron chi connectivity index (χ1n) is 7.62. The van der Waals surface area contributed by atoms with Gasteiger partial charge in [0.15, 0.2) is 0 Å². The van der Waals surface area contributed by atoms with E-state index in [4.69, 9.17) is 5.73 Å². The summed E-state index contributed by atoms with van der Waals surface area (Å²) < 4.78 is 0. The van der Waals surface area contributed by atoms with E-state index in [1.807, 2.05) is 39.8 Å². The van der Waals surface area contributed by atoms with Crippen molar-refractivity contribution in [2.75, 3.05) is 11.9 Å². The predicted octanol–water partition coefficient (Wildman–Crippen LogP) is 2.18. The van der Waals surface area contributed by atoms with Gasteiger partial charge < -0.3 is 16.4 Å². The van der Waals surface area contributed by atoms with E-state index in [2.05, 4.69) is 10.6 Å². The van der Waals surface area contributed by atoms with E-state index in [1.54, 1.807) is 6.92 Å². The van der Waals surface area contributed by atoms with Gasteiger partial charge in [0.1, 0.15) is 0 Å². The molecule has 0 saturated carbocycles. The summed E-state index contributed by atoms with van der Waals surface area (Å²) in [4.78, 5) is 24.0. The predicted molar refractivity (Wildman–Crippen MR) is 89.8 cm³/mol. The molecular formula is C17H27N3O2. The molecule has 0 aliphatic carbocycles. The number of hydrogen-bond acceptors (Lipinski definition) is 3. The Bertz CT molecular complexity index is 542. The molecule has 0 aliphatic heterocycles. The van der Waals surface area contributed by atoms with E-state index in [0.29, 0.717) is 6.42 Å². The molecule has 0 heterocycles. The zero-order chi connectivity index (χ0) is 16.9. The first-order valence-corrected chi connectivity index (χ1v) is 7.62. The number of nitrogens with two attached hydrogens (primary N) is 1. The number of anilines is 1. The van der Waals surface area contributed by atoms with Gasteiger partial charge >= 0.3 is 0 Å². The third kappa shape index (κ3) is 4.84. The highest BCUT2D eigenvalue weighted by Gasteiger charge is 2.27. The van der Waals surface area contributed by atoms with Crippen LogP contribution in [0.15, 0.2) is 12.1 Å². The maximum atomic E-state index is 12.0. The molecule has 1 rings (SSSR count). The second-order valence-corrected chi connectivity index (χ2v) is 6.17. The summed E-state index contributed by atoms with van der Waals surface area (Å²) in [6.45, 7) is 9.48. The summed E-state index contributed by atoms with van der Waals surface area (Å²) in [5.74, 6) is -0.558. The fraction of sp³-hybridized carbons (Fsp3) is 0.529. The number of carbonyl (C=O) groups is 2. The molecular weight excluding hydrogens is 278 g/mol. The smallest absolute Gasteiger partial charge is 0.243 e. The first-order chi connectivity index (χ1) is 10.2. The molecule has 0 aliphatic rings. The van der Waals surface area contributed by atoms with Gasteiger partial charge in [-0.1, -0.05) is 31.0 Å². The van der Waals surface area contributed by atoms with Crippen LogP contribution in [0.2, 0.25) is 0 Å².